The standard InChI is InChI=1S/C34H33FN2O4/c1-41-33(40)22-30(39)21-29(38)18-19-32-31-9-5-8-26(34(31)36-37(32)28-16-14-27(35)15-17-28)20-23-10-12-25(13-11-23)24-6-3-2-4-7-24/h2-4,6-7,10-19,26,30,39H,5,8-9,20-22H2,1H3/b19-18+. The van der Waals surface area contributed by atoms with Gasteiger partial charge in [0.15, 0.2) is 5.78 Å². The summed E-state index contributed by atoms with van der Waals surface area (Å²) < 4.78 is 20.1. The van der Waals surface area contributed by atoms with Crippen LogP contribution >= 0.6 is 0 Å². The third-order valence-corrected chi connectivity index (χ3v) is 7.53. The number of carbonyl (C=O) groups excluding carboxylic acids is 2. The van der Waals surface area contributed by atoms with Crippen LogP contribution in [-0.4, -0.2) is 39.9 Å². The van der Waals surface area contributed by atoms with Crippen molar-refractivity contribution in [1.29, 1.82) is 0 Å². The number of esters is 1. The van der Waals surface area contributed by atoms with Gasteiger partial charge in [0.25, 0.3) is 0 Å². The lowest BCUT2D eigenvalue weighted by Crippen LogP contribution is -2.17. The molecule has 1 N–H and O–H groups in total. The summed E-state index contributed by atoms with van der Waals surface area (Å²) in [6.07, 6.45) is 5.23. The third-order valence-electron chi connectivity index (χ3n) is 7.53. The number of rotatable bonds is 10. The molecule has 2 unspecified atom stereocenters. The van der Waals surface area contributed by atoms with Crippen LogP contribution in [0.1, 0.15) is 54.1 Å². The molecule has 0 fully saturated rings. The van der Waals surface area contributed by atoms with Crippen LogP contribution in [0.3, 0.4) is 0 Å². The SMILES string of the molecule is COC(=O)CC(O)CC(=O)/C=C/c1c2c(nn1-c1ccc(F)cc1)C(Cc1ccc(-c3ccccc3)cc1)CCC2. The van der Waals surface area contributed by atoms with Crippen LogP contribution < -0.4 is 0 Å². The van der Waals surface area contributed by atoms with E-state index in [1.807, 2.05) is 18.2 Å². The highest BCUT2D eigenvalue weighted by atomic mass is 19.1. The summed E-state index contributed by atoms with van der Waals surface area (Å²) in [5.74, 6) is -1.02. The molecule has 2 atom stereocenters. The zero-order chi connectivity index (χ0) is 28.8. The number of ketones is 1. The Balaban J connectivity index is 1.41. The number of carbonyl (C=O) groups is 2. The van der Waals surface area contributed by atoms with E-state index in [-0.39, 0.29) is 30.4 Å². The van der Waals surface area contributed by atoms with Gasteiger partial charge in [0.05, 0.1) is 36.7 Å². The Labute approximate surface area is 239 Å². The molecule has 1 heterocycles. The summed E-state index contributed by atoms with van der Waals surface area (Å²) in [5, 5.41) is 15.1. The molecule has 0 saturated heterocycles. The van der Waals surface area contributed by atoms with Crippen molar-refractivity contribution in [2.24, 2.45) is 0 Å². The number of methoxy groups -OCH3 is 1. The van der Waals surface area contributed by atoms with Crippen molar-refractivity contribution in [3.8, 4) is 16.8 Å². The second-order valence-electron chi connectivity index (χ2n) is 10.4. The topological polar surface area (TPSA) is 81.4 Å². The fourth-order valence-corrected chi connectivity index (χ4v) is 5.44. The quantitative estimate of drug-likeness (QED) is 0.186. The van der Waals surface area contributed by atoms with Crippen LogP contribution in [0.4, 0.5) is 4.39 Å². The average molecular weight is 553 g/mol. The molecule has 41 heavy (non-hydrogen) atoms. The summed E-state index contributed by atoms with van der Waals surface area (Å²) in [6, 6.07) is 25.1. The Morgan fingerprint density at radius 3 is 2.44 bits per heavy atom. The molecule has 210 valence electrons. The van der Waals surface area contributed by atoms with E-state index in [4.69, 9.17) is 5.10 Å². The molecule has 7 heteroatoms. The molecular weight excluding hydrogens is 519 g/mol. The van der Waals surface area contributed by atoms with E-state index in [0.717, 1.165) is 42.6 Å². The van der Waals surface area contributed by atoms with Crippen molar-refractivity contribution in [2.75, 3.05) is 7.11 Å². The Kier molecular flexibility index (Phi) is 8.85. The molecule has 0 bridgehead atoms. The van der Waals surface area contributed by atoms with Gasteiger partial charge in [-0.2, -0.15) is 5.10 Å². The molecule has 0 spiro atoms. The van der Waals surface area contributed by atoms with Gasteiger partial charge in [-0.05, 0) is 78.8 Å². The smallest absolute Gasteiger partial charge is 0.308 e. The Morgan fingerprint density at radius 1 is 1.02 bits per heavy atom. The fraction of sp³-hybridized carbons (Fsp3) is 0.265. The van der Waals surface area contributed by atoms with Gasteiger partial charge in [0.1, 0.15) is 5.82 Å². The highest BCUT2D eigenvalue weighted by Crippen LogP contribution is 2.37. The van der Waals surface area contributed by atoms with Crippen molar-refractivity contribution in [3.63, 3.8) is 0 Å². The monoisotopic (exact) mass is 552 g/mol. The lowest BCUT2D eigenvalue weighted by Gasteiger charge is -2.21. The normalized spacial score (nSPS) is 15.4. The largest absolute Gasteiger partial charge is 0.469 e. The predicted octanol–water partition coefficient (Wildman–Crippen LogP) is 6.24. The number of hydrogen-bond donors (Lipinski definition) is 1. The lowest BCUT2D eigenvalue weighted by atomic mass is 9.82. The van der Waals surface area contributed by atoms with Gasteiger partial charge in [0.2, 0.25) is 0 Å². The number of allylic oxidation sites excluding steroid dienone is 1. The zero-order valence-corrected chi connectivity index (χ0v) is 23.0. The summed E-state index contributed by atoms with van der Waals surface area (Å²) in [4.78, 5) is 24.1. The predicted molar refractivity (Wildman–Crippen MR) is 156 cm³/mol. The molecule has 3 aromatic carbocycles. The highest BCUT2D eigenvalue weighted by Gasteiger charge is 2.28. The van der Waals surface area contributed by atoms with Crippen molar-refractivity contribution in [3.05, 3.63) is 113 Å². The van der Waals surface area contributed by atoms with Gasteiger partial charge in [0, 0.05) is 17.9 Å². The Bertz CT molecular complexity index is 1530. The highest BCUT2D eigenvalue weighted by molar-refractivity contribution is 5.94. The number of benzene rings is 3. The second-order valence-corrected chi connectivity index (χ2v) is 10.4. The number of halogens is 1. The number of ether oxygens (including phenoxy) is 1. The minimum absolute atomic E-state index is 0.194. The van der Waals surface area contributed by atoms with E-state index in [9.17, 15) is 19.1 Å². The minimum Gasteiger partial charge on any atom is -0.469 e. The molecule has 1 aromatic heterocycles. The Morgan fingerprint density at radius 2 is 1.73 bits per heavy atom. The molecule has 0 saturated carbocycles. The first-order valence-electron chi connectivity index (χ1n) is 13.9. The number of aromatic nitrogens is 2. The lowest BCUT2D eigenvalue weighted by molar-refractivity contribution is -0.143. The van der Waals surface area contributed by atoms with Gasteiger partial charge in [-0.1, -0.05) is 54.6 Å². The van der Waals surface area contributed by atoms with Gasteiger partial charge >= 0.3 is 5.97 Å². The van der Waals surface area contributed by atoms with Gasteiger partial charge < -0.3 is 9.84 Å². The molecule has 0 radical (unpaired) electrons. The first-order chi connectivity index (χ1) is 19.9. The number of fused-ring (bicyclic) bond motifs is 1. The number of aliphatic hydroxyl groups is 1. The second kappa shape index (κ2) is 12.9. The zero-order valence-electron chi connectivity index (χ0n) is 23.0. The van der Waals surface area contributed by atoms with E-state index < -0.39 is 12.1 Å². The van der Waals surface area contributed by atoms with E-state index in [1.54, 1.807) is 22.9 Å². The minimum atomic E-state index is -1.12. The molecular formula is C34H33FN2O4. The van der Waals surface area contributed by atoms with Crippen LogP contribution in [0.5, 0.6) is 0 Å². The average Bonchev–Trinajstić information content (AvgIpc) is 3.36. The molecule has 4 aromatic rings. The van der Waals surface area contributed by atoms with Gasteiger partial charge in [-0.3, -0.25) is 9.59 Å². The van der Waals surface area contributed by atoms with Crippen molar-refractivity contribution >= 4 is 17.8 Å². The molecule has 5 rings (SSSR count). The number of hydrogen-bond acceptors (Lipinski definition) is 5. The van der Waals surface area contributed by atoms with Crippen molar-refractivity contribution < 1.29 is 23.8 Å². The van der Waals surface area contributed by atoms with E-state index in [1.165, 1.54) is 42.0 Å². The molecule has 6 nitrogen and oxygen atoms in total. The maximum Gasteiger partial charge on any atom is 0.308 e. The first kappa shape index (κ1) is 28.2. The van der Waals surface area contributed by atoms with Crippen molar-refractivity contribution in [2.45, 2.75) is 50.5 Å². The van der Waals surface area contributed by atoms with Crippen LogP contribution in [0, 0.1) is 5.82 Å². The summed E-state index contributed by atoms with van der Waals surface area (Å²) in [6.45, 7) is 0. The molecule has 0 amide bonds. The summed E-state index contributed by atoms with van der Waals surface area (Å²) in [5.41, 5.74) is 7.12. The maximum absolute atomic E-state index is 13.7. The van der Waals surface area contributed by atoms with Gasteiger partial charge in [-0.25, -0.2) is 9.07 Å². The van der Waals surface area contributed by atoms with E-state index in [0.29, 0.717) is 5.69 Å². The molecule has 1 aliphatic rings. The van der Waals surface area contributed by atoms with Crippen molar-refractivity contribution in [1.82, 2.24) is 9.78 Å². The van der Waals surface area contributed by atoms with Crippen LogP contribution in [0.15, 0.2) is 84.9 Å². The first-order valence-corrected chi connectivity index (χ1v) is 13.9. The molecule has 0 aliphatic heterocycles. The maximum atomic E-state index is 13.7. The van der Waals surface area contributed by atoms with E-state index in [2.05, 4.69) is 41.1 Å². The number of nitrogens with zero attached hydrogens (tertiary/aromatic N) is 2. The third kappa shape index (κ3) is 6.87. The van der Waals surface area contributed by atoms with Crippen LogP contribution in [0.2, 0.25) is 0 Å². The number of aliphatic hydroxyl groups excluding tert-OH is 1. The summed E-state index contributed by atoms with van der Waals surface area (Å²) in [7, 11) is 1.24. The Hall–Kier alpha value is -4.36. The molecule has 1 aliphatic carbocycles. The van der Waals surface area contributed by atoms with Crippen LogP contribution in [-0.2, 0) is 27.2 Å². The van der Waals surface area contributed by atoms with E-state index >= 15 is 0 Å². The summed E-state index contributed by atoms with van der Waals surface area (Å²) >= 11 is 0. The van der Waals surface area contributed by atoms with Gasteiger partial charge in [-0.15, -0.1) is 0 Å². The fourth-order valence-electron chi connectivity index (χ4n) is 5.44. The van der Waals surface area contributed by atoms with Crippen LogP contribution in [0.25, 0.3) is 22.9 Å².